The number of carbonyl (C=O) groups excluding carboxylic acids is 3. The molecule has 28 heavy (non-hydrogen) atoms. The molecule has 0 spiro atoms. The van der Waals surface area contributed by atoms with Crippen molar-refractivity contribution in [1.29, 1.82) is 0 Å². The van der Waals surface area contributed by atoms with Crippen LogP contribution in [0, 0.1) is 6.92 Å². The number of hydrogen-bond donors (Lipinski definition) is 2. The van der Waals surface area contributed by atoms with Crippen molar-refractivity contribution >= 4 is 51.8 Å². The third kappa shape index (κ3) is 4.35. The summed E-state index contributed by atoms with van der Waals surface area (Å²) in [6.45, 7) is 0.974. The number of fused-ring (bicyclic) bond motifs is 1. The van der Waals surface area contributed by atoms with Crippen LogP contribution in [0.25, 0.3) is 10.9 Å². The van der Waals surface area contributed by atoms with Gasteiger partial charge < -0.3 is 15.0 Å². The lowest BCUT2D eigenvalue weighted by Gasteiger charge is -2.08. The van der Waals surface area contributed by atoms with Gasteiger partial charge in [-0.1, -0.05) is 41.4 Å². The summed E-state index contributed by atoms with van der Waals surface area (Å²) in [5.74, 6) is -1.60. The molecule has 0 fully saturated rings. The van der Waals surface area contributed by atoms with Crippen LogP contribution in [0.1, 0.15) is 26.4 Å². The van der Waals surface area contributed by atoms with E-state index < -0.39 is 25.0 Å². The Balaban J connectivity index is 1.56. The normalized spacial score (nSPS) is 10.7. The smallest absolute Gasteiger partial charge is 0.325 e. The minimum absolute atomic E-state index is 0.170. The summed E-state index contributed by atoms with van der Waals surface area (Å²) in [5, 5.41) is 3.74. The minimum atomic E-state index is -0.732. The molecule has 3 aromatic rings. The third-order valence-electron chi connectivity index (χ3n) is 4.11. The van der Waals surface area contributed by atoms with Crippen molar-refractivity contribution in [3.8, 4) is 0 Å². The van der Waals surface area contributed by atoms with Crippen LogP contribution in [-0.4, -0.2) is 35.8 Å². The summed E-state index contributed by atoms with van der Waals surface area (Å²) in [4.78, 5) is 39.6. The second-order valence-corrected chi connectivity index (χ2v) is 6.90. The molecular weight excluding hydrogens is 403 g/mol. The van der Waals surface area contributed by atoms with Gasteiger partial charge in [-0.3, -0.25) is 14.4 Å². The first-order valence-electron chi connectivity index (χ1n) is 8.36. The number of aromatic nitrogens is 1. The minimum Gasteiger partial charge on any atom is -0.456 e. The number of esters is 1. The Morgan fingerprint density at radius 1 is 1.11 bits per heavy atom. The predicted octanol–water partition coefficient (Wildman–Crippen LogP) is 3.94. The molecule has 144 valence electrons. The van der Waals surface area contributed by atoms with Crippen LogP contribution < -0.4 is 5.32 Å². The SMILES string of the molecule is Cc1[nH]c2ccccc2c1C(=O)COC(=O)CNC(=O)c1ccc(Cl)cc1Cl. The number of hydrogen-bond acceptors (Lipinski definition) is 4. The number of amides is 1. The van der Waals surface area contributed by atoms with E-state index in [4.69, 9.17) is 27.9 Å². The van der Waals surface area contributed by atoms with Crippen molar-refractivity contribution in [2.75, 3.05) is 13.2 Å². The van der Waals surface area contributed by atoms with E-state index in [1.165, 1.54) is 18.2 Å². The van der Waals surface area contributed by atoms with Gasteiger partial charge in [0.15, 0.2) is 6.61 Å². The molecule has 0 atom stereocenters. The van der Waals surface area contributed by atoms with Crippen LogP contribution >= 0.6 is 23.2 Å². The van der Waals surface area contributed by atoms with Gasteiger partial charge in [-0.2, -0.15) is 0 Å². The number of H-pyrrole nitrogens is 1. The highest BCUT2D eigenvalue weighted by Crippen LogP contribution is 2.22. The van der Waals surface area contributed by atoms with Gasteiger partial charge in [-0.05, 0) is 31.2 Å². The first kappa shape index (κ1) is 19.9. The molecule has 1 heterocycles. The van der Waals surface area contributed by atoms with E-state index in [-0.39, 0.29) is 16.4 Å². The monoisotopic (exact) mass is 418 g/mol. The first-order valence-corrected chi connectivity index (χ1v) is 9.12. The lowest BCUT2D eigenvalue weighted by atomic mass is 10.1. The molecule has 1 aromatic heterocycles. The van der Waals surface area contributed by atoms with E-state index in [2.05, 4.69) is 10.3 Å². The zero-order chi connectivity index (χ0) is 20.3. The number of Topliss-reactive ketones (excluding diaryl/α,β-unsaturated/α-hetero) is 1. The Morgan fingerprint density at radius 2 is 1.86 bits per heavy atom. The van der Waals surface area contributed by atoms with Crippen LogP contribution in [0.4, 0.5) is 0 Å². The average Bonchev–Trinajstić information content (AvgIpc) is 3.00. The Kier molecular flexibility index (Phi) is 6.02. The summed E-state index contributed by atoms with van der Waals surface area (Å²) in [6.07, 6.45) is 0. The number of nitrogens with one attached hydrogen (secondary N) is 2. The maximum absolute atomic E-state index is 12.5. The van der Waals surface area contributed by atoms with Crippen molar-refractivity contribution in [3.05, 3.63) is 69.3 Å². The summed E-state index contributed by atoms with van der Waals surface area (Å²) >= 11 is 11.7. The van der Waals surface area contributed by atoms with Crippen LogP contribution in [0.2, 0.25) is 10.0 Å². The van der Waals surface area contributed by atoms with Crippen LogP contribution in [0.5, 0.6) is 0 Å². The number of halogens is 2. The topological polar surface area (TPSA) is 88.3 Å². The standard InChI is InChI=1S/C20H16Cl2N2O4/c1-11-19(14-4-2-3-5-16(14)24-11)17(25)10-28-18(26)9-23-20(27)13-7-6-12(21)8-15(13)22/h2-8,24H,9-10H2,1H3,(H,23,27). The first-order chi connectivity index (χ1) is 13.4. The number of carbonyl (C=O) groups is 3. The van der Waals surface area contributed by atoms with Crippen molar-refractivity contribution < 1.29 is 19.1 Å². The molecule has 1 amide bonds. The van der Waals surface area contributed by atoms with Gasteiger partial charge in [0.1, 0.15) is 6.54 Å². The number of para-hydroxylation sites is 1. The molecule has 0 bridgehead atoms. The average molecular weight is 419 g/mol. The number of aryl methyl sites for hydroxylation is 1. The largest absolute Gasteiger partial charge is 0.456 e. The van der Waals surface area contributed by atoms with Gasteiger partial charge in [0, 0.05) is 27.2 Å². The van der Waals surface area contributed by atoms with Crippen molar-refractivity contribution in [2.45, 2.75) is 6.92 Å². The zero-order valence-corrected chi connectivity index (χ0v) is 16.4. The van der Waals surface area contributed by atoms with Crippen molar-refractivity contribution in [1.82, 2.24) is 10.3 Å². The summed E-state index contributed by atoms with van der Waals surface area (Å²) in [6, 6.07) is 11.8. The predicted molar refractivity (Wildman–Crippen MR) is 107 cm³/mol. The quantitative estimate of drug-likeness (QED) is 0.468. The molecule has 0 aliphatic carbocycles. The second kappa shape index (κ2) is 8.46. The van der Waals surface area contributed by atoms with E-state index in [1.54, 1.807) is 6.92 Å². The fourth-order valence-corrected chi connectivity index (χ4v) is 3.32. The van der Waals surface area contributed by atoms with Gasteiger partial charge in [0.05, 0.1) is 10.6 Å². The summed E-state index contributed by atoms with van der Waals surface area (Å²) in [7, 11) is 0. The van der Waals surface area contributed by atoms with E-state index in [1.807, 2.05) is 24.3 Å². The lowest BCUT2D eigenvalue weighted by molar-refractivity contribution is -0.141. The molecule has 0 saturated carbocycles. The van der Waals surface area contributed by atoms with Gasteiger partial charge >= 0.3 is 5.97 Å². The lowest BCUT2D eigenvalue weighted by Crippen LogP contribution is -2.31. The van der Waals surface area contributed by atoms with E-state index >= 15 is 0 Å². The summed E-state index contributed by atoms with van der Waals surface area (Å²) in [5.41, 5.74) is 2.21. The number of aromatic amines is 1. The summed E-state index contributed by atoms with van der Waals surface area (Å²) < 4.78 is 5.00. The molecule has 0 saturated heterocycles. The molecule has 0 aliphatic rings. The molecule has 0 radical (unpaired) electrons. The fourth-order valence-electron chi connectivity index (χ4n) is 2.83. The molecule has 6 nitrogen and oxygen atoms in total. The number of benzene rings is 2. The fraction of sp³-hybridized carbons (Fsp3) is 0.150. The molecule has 2 aromatic carbocycles. The number of ketones is 1. The molecule has 2 N–H and O–H groups in total. The highest BCUT2D eigenvalue weighted by molar-refractivity contribution is 6.36. The number of ether oxygens (including phenoxy) is 1. The zero-order valence-electron chi connectivity index (χ0n) is 14.8. The van der Waals surface area contributed by atoms with Gasteiger partial charge in [0.2, 0.25) is 5.78 Å². The Bertz CT molecular complexity index is 1080. The van der Waals surface area contributed by atoms with E-state index in [0.717, 1.165) is 10.9 Å². The third-order valence-corrected chi connectivity index (χ3v) is 4.65. The highest BCUT2D eigenvalue weighted by Gasteiger charge is 2.18. The molecule has 3 rings (SSSR count). The Labute approximate surface area is 170 Å². The number of rotatable bonds is 6. The van der Waals surface area contributed by atoms with Gasteiger partial charge in [-0.25, -0.2) is 0 Å². The molecular formula is C20H16Cl2N2O4. The Hall–Kier alpha value is -2.83. The Morgan fingerprint density at radius 3 is 2.61 bits per heavy atom. The van der Waals surface area contributed by atoms with Gasteiger partial charge in [-0.15, -0.1) is 0 Å². The van der Waals surface area contributed by atoms with Crippen molar-refractivity contribution in [3.63, 3.8) is 0 Å². The second-order valence-electron chi connectivity index (χ2n) is 6.06. The molecule has 0 aliphatic heterocycles. The maximum Gasteiger partial charge on any atom is 0.325 e. The van der Waals surface area contributed by atoms with E-state index in [0.29, 0.717) is 16.3 Å². The van der Waals surface area contributed by atoms with Crippen LogP contribution in [0.3, 0.4) is 0 Å². The van der Waals surface area contributed by atoms with E-state index in [9.17, 15) is 14.4 Å². The van der Waals surface area contributed by atoms with Crippen LogP contribution in [0.15, 0.2) is 42.5 Å². The molecule has 0 unspecified atom stereocenters. The van der Waals surface area contributed by atoms with Gasteiger partial charge in [0.25, 0.3) is 5.91 Å². The highest BCUT2D eigenvalue weighted by atomic mass is 35.5. The maximum atomic E-state index is 12.5. The molecule has 8 heteroatoms. The van der Waals surface area contributed by atoms with Crippen LogP contribution in [-0.2, 0) is 9.53 Å². The van der Waals surface area contributed by atoms with Crippen molar-refractivity contribution in [2.24, 2.45) is 0 Å².